The molecule has 0 aliphatic rings. The minimum Gasteiger partial charge on any atom is -0.497 e. The van der Waals surface area contributed by atoms with Crippen LogP contribution in [0.3, 0.4) is 0 Å². The van der Waals surface area contributed by atoms with Crippen LogP contribution < -0.4 is 9.47 Å². The molecule has 0 bridgehead atoms. The van der Waals surface area contributed by atoms with Crippen LogP contribution in [0, 0.1) is 0 Å². The number of methoxy groups -OCH3 is 1. The zero-order chi connectivity index (χ0) is 21.6. The van der Waals surface area contributed by atoms with Crippen molar-refractivity contribution in [3.8, 4) is 22.6 Å². The van der Waals surface area contributed by atoms with Gasteiger partial charge in [-0.3, -0.25) is 4.79 Å². The van der Waals surface area contributed by atoms with E-state index in [4.69, 9.17) is 21.1 Å². The second kappa shape index (κ2) is 9.45. The fourth-order valence-corrected chi connectivity index (χ4v) is 3.17. The molecule has 0 saturated carbocycles. The molecule has 0 unspecified atom stereocenters. The molecule has 1 heterocycles. The quantitative estimate of drug-likeness (QED) is 0.363. The largest absolute Gasteiger partial charge is 0.497 e. The molecule has 0 radical (unpaired) electrons. The molecule has 6 nitrogen and oxygen atoms in total. The van der Waals surface area contributed by atoms with Gasteiger partial charge in [-0.05, 0) is 59.7 Å². The predicted octanol–water partition coefficient (Wildman–Crippen LogP) is 5.07. The zero-order valence-corrected chi connectivity index (χ0v) is 17.6. The molecule has 0 fully saturated rings. The lowest BCUT2D eigenvalue weighted by Crippen LogP contribution is -2.11. The Morgan fingerprint density at radius 2 is 1.52 bits per heavy atom. The molecule has 0 aliphatic carbocycles. The molecule has 0 amide bonds. The van der Waals surface area contributed by atoms with E-state index in [2.05, 4.69) is 10.3 Å². The summed E-state index contributed by atoms with van der Waals surface area (Å²) in [6.45, 7) is 0.367. The highest BCUT2D eigenvalue weighted by Crippen LogP contribution is 2.24. The Kier molecular flexibility index (Phi) is 6.29. The molecule has 0 aliphatic heterocycles. The van der Waals surface area contributed by atoms with Gasteiger partial charge in [-0.15, -0.1) is 5.10 Å². The number of carbonyl (C=O) groups is 1. The zero-order valence-electron chi connectivity index (χ0n) is 16.9. The van der Waals surface area contributed by atoms with Crippen LogP contribution in [0.5, 0.6) is 11.5 Å². The number of carbonyl (C=O) groups excluding carboxylic acids is 1. The first-order valence-corrected chi connectivity index (χ1v) is 10.0. The summed E-state index contributed by atoms with van der Waals surface area (Å²) >= 11 is 5.94. The lowest BCUT2D eigenvalue weighted by Gasteiger charge is -2.06. The summed E-state index contributed by atoms with van der Waals surface area (Å²) in [5.74, 6) is 1.37. The minimum absolute atomic E-state index is 0.0576. The molecule has 0 atom stereocenters. The van der Waals surface area contributed by atoms with E-state index in [1.54, 1.807) is 37.6 Å². The lowest BCUT2D eigenvalue weighted by molar-refractivity contribution is 0.0967. The average Bonchev–Trinajstić information content (AvgIpc) is 3.26. The minimum atomic E-state index is -0.0576. The number of halogens is 1. The standard InChI is InChI=1S/C24H20ClN3O3/c1-30-22-10-6-19(7-11-22)24(29)15-28-14-21(26-27-28)16-31-23-12-4-18(5-13-23)17-2-8-20(25)9-3-17/h2-14H,15-16H2,1H3. The lowest BCUT2D eigenvalue weighted by atomic mass is 10.1. The number of nitrogens with zero attached hydrogens (tertiary/aromatic N) is 3. The number of ether oxygens (including phenoxy) is 2. The number of Topliss-reactive ketones (excluding diaryl/α,β-unsaturated/α-hetero) is 1. The SMILES string of the molecule is COc1ccc(C(=O)Cn2cc(COc3ccc(-c4ccc(Cl)cc4)cc3)nn2)cc1. The third-order valence-electron chi connectivity index (χ3n) is 4.72. The molecule has 156 valence electrons. The van der Waals surface area contributed by atoms with E-state index in [1.165, 1.54) is 4.68 Å². The van der Waals surface area contributed by atoms with Gasteiger partial charge in [0.05, 0.1) is 13.3 Å². The van der Waals surface area contributed by atoms with Crippen molar-refractivity contribution in [2.24, 2.45) is 0 Å². The molecule has 0 saturated heterocycles. The number of aromatic nitrogens is 3. The Balaban J connectivity index is 1.32. The van der Waals surface area contributed by atoms with E-state index < -0.39 is 0 Å². The molecule has 3 aromatic carbocycles. The van der Waals surface area contributed by atoms with E-state index in [1.807, 2.05) is 48.5 Å². The highest BCUT2D eigenvalue weighted by Gasteiger charge is 2.10. The van der Waals surface area contributed by atoms with Gasteiger partial charge in [0.15, 0.2) is 5.78 Å². The average molecular weight is 434 g/mol. The molecule has 4 aromatic rings. The Morgan fingerprint density at radius 1 is 0.903 bits per heavy atom. The van der Waals surface area contributed by atoms with E-state index in [-0.39, 0.29) is 18.9 Å². The van der Waals surface area contributed by atoms with Crippen molar-refractivity contribution in [2.75, 3.05) is 7.11 Å². The van der Waals surface area contributed by atoms with Crippen LogP contribution in [0.1, 0.15) is 16.1 Å². The van der Waals surface area contributed by atoms with Crippen molar-refractivity contribution in [3.63, 3.8) is 0 Å². The Labute approximate surface area is 185 Å². The van der Waals surface area contributed by atoms with Gasteiger partial charge in [0.25, 0.3) is 0 Å². The smallest absolute Gasteiger partial charge is 0.184 e. The van der Waals surface area contributed by atoms with Crippen molar-refractivity contribution >= 4 is 17.4 Å². The Hall–Kier alpha value is -3.64. The van der Waals surface area contributed by atoms with Crippen molar-refractivity contribution in [3.05, 3.63) is 95.3 Å². The van der Waals surface area contributed by atoms with Crippen LogP contribution in [0.15, 0.2) is 79.0 Å². The van der Waals surface area contributed by atoms with Gasteiger partial charge >= 0.3 is 0 Å². The van der Waals surface area contributed by atoms with Crippen molar-refractivity contribution in [1.82, 2.24) is 15.0 Å². The van der Waals surface area contributed by atoms with Crippen LogP contribution in [0.2, 0.25) is 5.02 Å². The fraction of sp³-hybridized carbons (Fsp3) is 0.125. The van der Waals surface area contributed by atoms with E-state index in [0.29, 0.717) is 22.0 Å². The summed E-state index contributed by atoms with van der Waals surface area (Å²) in [7, 11) is 1.59. The van der Waals surface area contributed by atoms with Crippen molar-refractivity contribution in [1.29, 1.82) is 0 Å². The first kappa shape index (κ1) is 20.6. The van der Waals surface area contributed by atoms with Crippen molar-refractivity contribution in [2.45, 2.75) is 13.2 Å². The van der Waals surface area contributed by atoms with Gasteiger partial charge < -0.3 is 9.47 Å². The van der Waals surface area contributed by atoms with Crippen LogP contribution in [0.25, 0.3) is 11.1 Å². The van der Waals surface area contributed by atoms with Crippen molar-refractivity contribution < 1.29 is 14.3 Å². The number of benzene rings is 3. The third kappa shape index (κ3) is 5.29. The maximum absolute atomic E-state index is 12.4. The number of rotatable bonds is 8. The Morgan fingerprint density at radius 3 is 2.16 bits per heavy atom. The first-order chi connectivity index (χ1) is 15.1. The first-order valence-electron chi connectivity index (χ1n) is 9.66. The molecule has 0 N–H and O–H groups in total. The van der Waals surface area contributed by atoms with Crippen LogP contribution in [-0.4, -0.2) is 27.9 Å². The normalized spacial score (nSPS) is 10.6. The highest BCUT2D eigenvalue weighted by atomic mass is 35.5. The maximum atomic E-state index is 12.4. The summed E-state index contributed by atoms with van der Waals surface area (Å²) < 4.78 is 12.4. The van der Waals surface area contributed by atoms with Gasteiger partial charge in [-0.25, -0.2) is 4.68 Å². The molecule has 4 rings (SSSR count). The van der Waals surface area contributed by atoms with Crippen LogP contribution >= 0.6 is 11.6 Å². The van der Waals surface area contributed by atoms with Crippen LogP contribution in [0.4, 0.5) is 0 Å². The monoisotopic (exact) mass is 433 g/mol. The molecule has 7 heteroatoms. The summed E-state index contributed by atoms with van der Waals surface area (Å²) in [6.07, 6.45) is 1.71. The van der Waals surface area contributed by atoms with E-state index >= 15 is 0 Å². The van der Waals surface area contributed by atoms with Crippen LogP contribution in [-0.2, 0) is 13.2 Å². The summed E-state index contributed by atoms with van der Waals surface area (Å²) in [6, 6.07) is 22.4. The van der Waals surface area contributed by atoms with Gasteiger partial charge in [0.2, 0.25) is 0 Å². The van der Waals surface area contributed by atoms with Gasteiger partial charge in [-0.1, -0.05) is 41.1 Å². The number of hydrogen-bond acceptors (Lipinski definition) is 5. The third-order valence-corrected chi connectivity index (χ3v) is 4.97. The molecule has 1 aromatic heterocycles. The Bertz CT molecular complexity index is 1150. The predicted molar refractivity (Wildman–Crippen MR) is 119 cm³/mol. The number of ketones is 1. The van der Waals surface area contributed by atoms with E-state index in [0.717, 1.165) is 16.9 Å². The maximum Gasteiger partial charge on any atom is 0.184 e. The summed E-state index contributed by atoms with van der Waals surface area (Å²) in [5, 5.41) is 8.81. The second-order valence-electron chi connectivity index (χ2n) is 6.88. The number of hydrogen-bond donors (Lipinski definition) is 0. The summed E-state index contributed by atoms with van der Waals surface area (Å²) in [4.78, 5) is 12.4. The summed E-state index contributed by atoms with van der Waals surface area (Å²) in [5.41, 5.74) is 3.40. The highest BCUT2D eigenvalue weighted by molar-refractivity contribution is 6.30. The molecule has 0 spiro atoms. The second-order valence-corrected chi connectivity index (χ2v) is 7.32. The molecular weight excluding hydrogens is 414 g/mol. The van der Waals surface area contributed by atoms with Gasteiger partial charge in [0, 0.05) is 10.6 Å². The van der Waals surface area contributed by atoms with Gasteiger partial charge in [0.1, 0.15) is 30.3 Å². The topological polar surface area (TPSA) is 66.2 Å². The molecule has 31 heavy (non-hydrogen) atoms. The van der Waals surface area contributed by atoms with E-state index in [9.17, 15) is 4.79 Å². The molecular formula is C24H20ClN3O3. The fourth-order valence-electron chi connectivity index (χ4n) is 3.04. The van der Waals surface area contributed by atoms with Gasteiger partial charge in [-0.2, -0.15) is 0 Å².